The summed E-state index contributed by atoms with van der Waals surface area (Å²) in [6, 6.07) is 14.0. The zero-order valence-corrected chi connectivity index (χ0v) is 18.0. The van der Waals surface area contributed by atoms with E-state index in [1.807, 2.05) is 24.3 Å². The number of rotatable bonds is 6. The van der Waals surface area contributed by atoms with Gasteiger partial charge >= 0.3 is 0 Å². The maximum atomic E-state index is 12.9. The molecular formula is C20H23BrN2O4S. The van der Waals surface area contributed by atoms with E-state index in [1.165, 1.54) is 4.31 Å². The summed E-state index contributed by atoms with van der Waals surface area (Å²) in [5.41, 5.74) is 0.883. The largest absolute Gasteiger partial charge is 0.496 e. The predicted molar refractivity (Wildman–Crippen MR) is 110 cm³/mol. The molecule has 1 N–H and O–H groups in total. The normalized spacial score (nSPS) is 17.9. The quantitative estimate of drug-likeness (QED) is 0.708. The van der Waals surface area contributed by atoms with Gasteiger partial charge in [0.1, 0.15) is 5.75 Å². The summed E-state index contributed by atoms with van der Waals surface area (Å²) >= 11 is 3.31. The van der Waals surface area contributed by atoms with Gasteiger partial charge in [-0.05, 0) is 43.2 Å². The minimum Gasteiger partial charge on any atom is -0.496 e. The number of piperidine rings is 1. The van der Waals surface area contributed by atoms with Crippen molar-refractivity contribution in [3.05, 3.63) is 58.6 Å². The maximum Gasteiger partial charge on any atom is 0.243 e. The van der Waals surface area contributed by atoms with Gasteiger partial charge < -0.3 is 10.1 Å². The fraction of sp³-hybridized carbons (Fsp3) is 0.350. The highest BCUT2D eigenvalue weighted by Gasteiger charge is 2.33. The number of ether oxygens (including phenoxy) is 1. The van der Waals surface area contributed by atoms with Gasteiger partial charge in [-0.1, -0.05) is 34.1 Å². The van der Waals surface area contributed by atoms with Gasteiger partial charge in [0.05, 0.1) is 17.9 Å². The lowest BCUT2D eigenvalue weighted by Gasteiger charge is -2.31. The lowest BCUT2D eigenvalue weighted by atomic mass is 9.98. The van der Waals surface area contributed by atoms with Crippen molar-refractivity contribution in [1.29, 1.82) is 0 Å². The number of nitrogens with zero attached hydrogens (tertiary/aromatic N) is 1. The van der Waals surface area contributed by atoms with Crippen molar-refractivity contribution in [2.24, 2.45) is 5.92 Å². The first-order valence-corrected chi connectivity index (χ1v) is 11.3. The van der Waals surface area contributed by atoms with Crippen molar-refractivity contribution >= 4 is 31.9 Å². The number of benzene rings is 2. The summed E-state index contributed by atoms with van der Waals surface area (Å²) in [7, 11) is -2.02. The molecule has 0 radical (unpaired) electrons. The molecule has 2 aromatic carbocycles. The Morgan fingerprint density at radius 1 is 1.21 bits per heavy atom. The van der Waals surface area contributed by atoms with Crippen molar-refractivity contribution in [1.82, 2.24) is 9.62 Å². The first-order valence-electron chi connectivity index (χ1n) is 9.07. The molecule has 0 aromatic heterocycles. The average molecular weight is 467 g/mol. The van der Waals surface area contributed by atoms with Crippen LogP contribution >= 0.6 is 15.9 Å². The van der Waals surface area contributed by atoms with Crippen LogP contribution in [0.4, 0.5) is 0 Å². The standard InChI is InChI=1S/C20H23BrN2O4S/c1-27-19-7-3-2-5-15(19)13-22-20(24)16-6-4-12-23(14-16)28(25,26)18-10-8-17(21)9-11-18/h2-3,5,7-11,16H,4,6,12-14H2,1H3,(H,22,24). The molecule has 6 nitrogen and oxygen atoms in total. The van der Waals surface area contributed by atoms with Gasteiger partial charge in [0, 0.05) is 29.7 Å². The van der Waals surface area contributed by atoms with Gasteiger partial charge in [-0.3, -0.25) is 4.79 Å². The second-order valence-corrected chi connectivity index (χ2v) is 9.54. The molecule has 1 saturated heterocycles. The Bertz CT molecular complexity index is 931. The molecule has 8 heteroatoms. The number of carbonyl (C=O) groups excluding carboxylic acids is 1. The van der Waals surface area contributed by atoms with Gasteiger partial charge in [0.25, 0.3) is 0 Å². The molecule has 1 atom stereocenters. The fourth-order valence-electron chi connectivity index (χ4n) is 3.31. The Kier molecular flexibility index (Phi) is 6.74. The summed E-state index contributed by atoms with van der Waals surface area (Å²) in [6.45, 7) is 0.962. The van der Waals surface area contributed by atoms with Crippen molar-refractivity contribution in [2.45, 2.75) is 24.3 Å². The van der Waals surface area contributed by atoms with E-state index in [0.29, 0.717) is 31.7 Å². The van der Waals surface area contributed by atoms with Crippen LogP contribution < -0.4 is 10.1 Å². The summed E-state index contributed by atoms with van der Waals surface area (Å²) in [5.74, 6) is 0.209. The second kappa shape index (κ2) is 9.07. The number of halogens is 1. The number of nitrogens with one attached hydrogen (secondary N) is 1. The van der Waals surface area contributed by atoms with Gasteiger partial charge in [-0.2, -0.15) is 4.31 Å². The van der Waals surface area contributed by atoms with E-state index in [2.05, 4.69) is 21.2 Å². The first-order chi connectivity index (χ1) is 13.4. The molecular weight excluding hydrogens is 444 g/mol. The van der Waals surface area contributed by atoms with Crippen LogP contribution in [0, 0.1) is 5.92 Å². The Hall–Kier alpha value is -1.90. The number of hydrogen-bond donors (Lipinski definition) is 1. The van der Waals surface area contributed by atoms with Crippen LogP contribution in [0.2, 0.25) is 0 Å². The Morgan fingerprint density at radius 3 is 2.64 bits per heavy atom. The summed E-state index contributed by atoms with van der Waals surface area (Å²) < 4.78 is 33.3. The number of carbonyl (C=O) groups is 1. The number of amides is 1. The van der Waals surface area contributed by atoms with E-state index in [0.717, 1.165) is 10.0 Å². The third-order valence-corrected chi connectivity index (χ3v) is 7.26. The number of para-hydroxylation sites is 1. The van der Waals surface area contributed by atoms with Gasteiger partial charge in [-0.25, -0.2) is 8.42 Å². The molecule has 1 aliphatic heterocycles. The molecule has 0 spiro atoms. The molecule has 1 heterocycles. The smallest absolute Gasteiger partial charge is 0.243 e. The number of methoxy groups -OCH3 is 1. The second-order valence-electron chi connectivity index (χ2n) is 6.69. The van der Waals surface area contributed by atoms with Crippen molar-refractivity contribution < 1.29 is 17.9 Å². The SMILES string of the molecule is COc1ccccc1CNC(=O)C1CCCN(S(=O)(=O)c2ccc(Br)cc2)C1. The molecule has 0 aliphatic carbocycles. The van der Waals surface area contributed by atoms with Crippen LogP contribution in [0.5, 0.6) is 5.75 Å². The van der Waals surface area contributed by atoms with E-state index in [1.54, 1.807) is 31.4 Å². The monoisotopic (exact) mass is 466 g/mol. The molecule has 1 unspecified atom stereocenters. The van der Waals surface area contributed by atoms with Gasteiger partial charge in [0.2, 0.25) is 15.9 Å². The third-order valence-electron chi connectivity index (χ3n) is 4.85. The number of hydrogen-bond acceptors (Lipinski definition) is 4. The fourth-order valence-corrected chi connectivity index (χ4v) is 5.09. The zero-order chi connectivity index (χ0) is 20.1. The summed E-state index contributed by atoms with van der Waals surface area (Å²) in [5, 5.41) is 2.92. The van der Waals surface area contributed by atoms with E-state index < -0.39 is 10.0 Å². The molecule has 0 saturated carbocycles. The van der Waals surface area contributed by atoms with Crippen molar-refractivity contribution in [3.63, 3.8) is 0 Å². The molecule has 3 rings (SSSR count). The molecule has 28 heavy (non-hydrogen) atoms. The van der Waals surface area contributed by atoms with Crippen LogP contribution in [0.1, 0.15) is 18.4 Å². The van der Waals surface area contributed by atoms with E-state index >= 15 is 0 Å². The topological polar surface area (TPSA) is 75.7 Å². The molecule has 1 amide bonds. The highest BCUT2D eigenvalue weighted by Crippen LogP contribution is 2.25. The summed E-state index contributed by atoms with van der Waals surface area (Å²) in [6.07, 6.45) is 1.33. The van der Waals surface area contributed by atoms with E-state index in [9.17, 15) is 13.2 Å². The Labute approximate surface area is 174 Å². The van der Waals surface area contributed by atoms with Crippen molar-refractivity contribution in [2.75, 3.05) is 20.2 Å². The first kappa shape index (κ1) is 20.8. The van der Waals surface area contributed by atoms with Crippen molar-refractivity contribution in [3.8, 4) is 5.75 Å². The van der Waals surface area contributed by atoms with Gasteiger partial charge in [-0.15, -0.1) is 0 Å². The van der Waals surface area contributed by atoms with Gasteiger partial charge in [0.15, 0.2) is 0 Å². The number of sulfonamides is 1. The van der Waals surface area contributed by atoms with E-state index in [-0.39, 0.29) is 23.3 Å². The highest BCUT2D eigenvalue weighted by molar-refractivity contribution is 9.10. The minimum absolute atomic E-state index is 0.137. The Balaban J connectivity index is 1.65. The van der Waals surface area contributed by atoms with Crippen LogP contribution in [0.3, 0.4) is 0 Å². The Morgan fingerprint density at radius 2 is 1.93 bits per heavy atom. The molecule has 2 aromatic rings. The van der Waals surface area contributed by atoms with Crippen LogP contribution in [-0.2, 0) is 21.4 Å². The highest BCUT2D eigenvalue weighted by atomic mass is 79.9. The molecule has 1 fully saturated rings. The molecule has 150 valence electrons. The molecule has 0 bridgehead atoms. The predicted octanol–water partition coefficient (Wildman–Crippen LogP) is 3.17. The zero-order valence-electron chi connectivity index (χ0n) is 15.6. The van der Waals surface area contributed by atoms with Crippen LogP contribution in [-0.4, -0.2) is 38.8 Å². The lowest BCUT2D eigenvalue weighted by molar-refractivity contribution is -0.126. The minimum atomic E-state index is -3.61. The molecule has 1 aliphatic rings. The third kappa shape index (κ3) is 4.74. The average Bonchev–Trinajstić information content (AvgIpc) is 2.72. The lowest BCUT2D eigenvalue weighted by Crippen LogP contribution is -2.45. The maximum absolute atomic E-state index is 12.9. The van der Waals surface area contributed by atoms with E-state index in [4.69, 9.17) is 4.74 Å². The summed E-state index contributed by atoms with van der Waals surface area (Å²) in [4.78, 5) is 12.9. The van der Waals surface area contributed by atoms with Crippen LogP contribution in [0.15, 0.2) is 57.9 Å². The van der Waals surface area contributed by atoms with Crippen LogP contribution in [0.25, 0.3) is 0 Å².